The zero-order valence-corrected chi connectivity index (χ0v) is 16.8. The molecule has 4 nitrogen and oxygen atoms in total. The number of hydrogen-bond donors (Lipinski definition) is 1. The third-order valence-corrected chi connectivity index (χ3v) is 4.98. The van der Waals surface area contributed by atoms with Crippen molar-refractivity contribution in [1.29, 1.82) is 0 Å². The molecule has 2 aromatic rings. The van der Waals surface area contributed by atoms with Gasteiger partial charge < -0.3 is 4.57 Å². The highest BCUT2D eigenvalue weighted by Crippen LogP contribution is 2.23. The Kier molecular flexibility index (Phi) is 6.36. The van der Waals surface area contributed by atoms with Crippen molar-refractivity contribution in [2.24, 2.45) is 5.10 Å². The molecule has 2 rings (SSSR count). The summed E-state index contributed by atoms with van der Waals surface area (Å²) >= 11 is 7.29. The van der Waals surface area contributed by atoms with Crippen molar-refractivity contribution >= 4 is 35.5 Å². The highest BCUT2D eigenvalue weighted by molar-refractivity contribution is 8.00. The first-order chi connectivity index (χ1) is 11.7. The average molecular weight is 378 g/mol. The Morgan fingerprint density at radius 1 is 1.28 bits per heavy atom. The topological polar surface area (TPSA) is 46.4 Å². The van der Waals surface area contributed by atoms with E-state index in [1.165, 1.54) is 17.5 Å². The van der Waals surface area contributed by atoms with Crippen LogP contribution in [0.4, 0.5) is 0 Å². The normalized spacial score (nSPS) is 11.9. The van der Waals surface area contributed by atoms with Gasteiger partial charge >= 0.3 is 0 Å². The first-order valence-electron chi connectivity index (χ1n) is 8.08. The molecular formula is C19H24ClN3OS. The summed E-state index contributed by atoms with van der Waals surface area (Å²) in [6.45, 7) is 10.7. The highest BCUT2D eigenvalue weighted by atomic mass is 35.5. The maximum atomic E-state index is 11.9. The molecule has 0 atom stereocenters. The number of nitrogens with zero attached hydrogens (tertiary/aromatic N) is 2. The molecule has 1 heterocycles. The number of amides is 1. The van der Waals surface area contributed by atoms with E-state index in [1.807, 2.05) is 24.3 Å². The van der Waals surface area contributed by atoms with Crippen LogP contribution in [0.15, 0.2) is 40.3 Å². The van der Waals surface area contributed by atoms with Gasteiger partial charge in [-0.25, -0.2) is 5.43 Å². The molecule has 0 aliphatic rings. The summed E-state index contributed by atoms with van der Waals surface area (Å²) < 4.78 is 2.27. The van der Waals surface area contributed by atoms with Gasteiger partial charge in [0.05, 0.1) is 12.0 Å². The monoisotopic (exact) mass is 377 g/mol. The van der Waals surface area contributed by atoms with E-state index in [9.17, 15) is 4.79 Å². The number of aryl methyl sites for hydroxylation is 1. The van der Waals surface area contributed by atoms with Crippen LogP contribution in [0.1, 0.15) is 37.7 Å². The molecule has 25 heavy (non-hydrogen) atoms. The number of nitrogens with one attached hydrogen (secondary N) is 1. The van der Waals surface area contributed by atoms with Crippen molar-refractivity contribution in [2.45, 2.75) is 45.1 Å². The van der Waals surface area contributed by atoms with Gasteiger partial charge in [-0.05, 0) is 65.0 Å². The number of thioether (sulfide) groups is 1. The number of carbonyl (C=O) groups excluding carboxylic acids is 1. The maximum absolute atomic E-state index is 11.9. The van der Waals surface area contributed by atoms with Crippen molar-refractivity contribution in [3.63, 3.8) is 0 Å². The summed E-state index contributed by atoms with van der Waals surface area (Å²) in [5.41, 5.74) is 5.92. The van der Waals surface area contributed by atoms with E-state index < -0.39 is 0 Å². The highest BCUT2D eigenvalue weighted by Gasteiger charge is 2.18. The molecule has 0 saturated carbocycles. The van der Waals surface area contributed by atoms with Crippen molar-refractivity contribution in [1.82, 2.24) is 9.99 Å². The van der Waals surface area contributed by atoms with Crippen LogP contribution < -0.4 is 5.43 Å². The third-order valence-electron chi connectivity index (χ3n) is 3.72. The van der Waals surface area contributed by atoms with Gasteiger partial charge in [0.15, 0.2) is 0 Å². The minimum absolute atomic E-state index is 0.0126. The predicted octanol–water partition coefficient (Wildman–Crippen LogP) is 4.76. The van der Waals surface area contributed by atoms with Crippen molar-refractivity contribution < 1.29 is 4.79 Å². The fourth-order valence-corrected chi connectivity index (χ4v) is 3.65. The van der Waals surface area contributed by atoms with Gasteiger partial charge in [-0.3, -0.25) is 4.79 Å². The lowest BCUT2D eigenvalue weighted by Crippen LogP contribution is -2.24. The van der Waals surface area contributed by atoms with E-state index in [1.54, 1.807) is 6.21 Å². The Bertz CT molecular complexity index is 773. The van der Waals surface area contributed by atoms with Crippen molar-refractivity contribution in [2.75, 3.05) is 5.75 Å². The van der Waals surface area contributed by atoms with Crippen LogP contribution in [-0.2, 0) is 10.3 Å². The van der Waals surface area contributed by atoms with E-state index in [-0.39, 0.29) is 11.4 Å². The minimum Gasteiger partial charge on any atom is -0.343 e. The van der Waals surface area contributed by atoms with Gasteiger partial charge in [0.25, 0.3) is 0 Å². The zero-order chi connectivity index (χ0) is 18.6. The summed E-state index contributed by atoms with van der Waals surface area (Å²) in [5.74, 6) is 0.167. The van der Waals surface area contributed by atoms with Gasteiger partial charge in [-0.2, -0.15) is 5.10 Å². The fraction of sp³-hybridized carbons (Fsp3) is 0.368. The van der Waals surface area contributed by atoms with Gasteiger partial charge in [0.1, 0.15) is 0 Å². The Labute approximate surface area is 158 Å². The molecule has 0 saturated heterocycles. The number of rotatable bonds is 5. The van der Waals surface area contributed by atoms with Crippen LogP contribution in [0.5, 0.6) is 0 Å². The van der Waals surface area contributed by atoms with Crippen LogP contribution >= 0.6 is 23.4 Å². The number of hydrazone groups is 1. The van der Waals surface area contributed by atoms with Crippen LogP contribution in [0, 0.1) is 13.8 Å². The third kappa shape index (κ3) is 5.38. The average Bonchev–Trinajstić information content (AvgIpc) is 2.80. The van der Waals surface area contributed by atoms with Crippen LogP contribution in [0.25, 0.3) is 0 Å². The molecule has 1 N–H and O–H groups in total. The van der Waals surface area contributed by atoms with Crippen molar-refractivity contribution in [3.8, 4) is 0 Å². The summed E-state index contributed by atoms with van der Waals surface area (Å²) in [7, 11) is 0. The molecule has 0 fully saturated rings. The van der Waals surface area contributed by atoms with E-state index in [0.717, 1.165) is 16.2 Å². The quantitative estimate of drug-likeness (QED) is 0.464. The largest absolute Gasteiger partial charge is 0.343 e. The molecule has 1 amide bonds. The molecule has 0 aliphatic heterocycles. The SMILES string of the molecule is Cc1cc(/C=N\NC(=O)CSc2ccc(Cl)cc2)c(C)n1C(C)(C)C. The minimum atomic E-state index is -0.138. The molecule has 6 heteroatoms. The predicted molar refractivity (Wildman–Crippen MR) is 107 cm³/mol. The maximum Gasteiger partial charge on any atom is 0.250 e. The Morgan fingerprint density at radius 3 is 2.48 bits per heavy atom. The number of carbonyl (C=O) groups is 1. The molecule has 1 aromatic heterocycles. The fourth-order valence-electron chi connectivity index (χ4n) is 2.84. The standard InChI is InChI=1S/C19H24ClN3OS/c1-13-10-15(14(2)23(13)19(3,4)5)11-21-22-18(24)12-25-17-8-6-16(20)7-9-17/h6-11H,12H2,1-5H3,(H,22,24)/b21-11-. The summed E-state index contributed by atoms with van der Waals surface area (Å²) in [4.78, 5) is 12.9. The van der Waals surface area contributed by atoms with E-state index in [4.69, 9.17) is 11.6 Å². The Hall–Kier alpha value is -1.72. The second kappa shape index (κ2) is 8.11. The summed E-state index contributed by atoms with van der Waals surface area (Å²) in [6, 6.07) is 9.49. The van der Waals surface area contributed by atoms with E-state index in [2.05, 4.69) is 55.8 Å². The molecule has 0 radical (unpaired) electrons. The molecule has 134 valence electrons. The van der Waals surface area contributed by atoms with Crippen molar-refractivity contribution in [3.05, 3.63) is 52.3 Å². The molecular weight excluding hydrogens is 354 g/mol. The number of benzene rings is 1. The Morgan fingerprint density at radius 2 is 1.92 bits per heavy atom. The summed E-state index contributed by atoms with van der Waals surface area (Å²) in [5, 5.41) is 4.78. The van der Waals surface area contributed by atoms with Gasteiger partial charge in [-0.1, -0.05) is 11.6 Å². The lowest BCUT2D eigenvalue weighted by atomic mass is 10.1. The summed E-state index contributed by atoms with van der Waals surface area (Å²) in [6.07, 6.45) is 1.70. The number of halogens is 1. The second-order valence-electron chi connectivity index (χ2n) is 6.87. The first kappa shape index (κ1) is 19.6. The number of hydrogen-bond acceptors (Lipinski definition) is 3. The van der Waals surface area contributed by atoms with Gasteiger partial charge in [0.2, 0.25) is 5.91 Å². The molecule has 0 unspecified atom stereocenters. The smallest absolute Gasteiger partial charge is 0.250 e. The van der Waals surface area contributed by atoms with Gasteiger partial charge in [-0.15, -0.1) is 11.8 Å². The second-order valence-corrected chi connectivity index (χ2v) is 8.35. The number of aromatic nitrogens is 1. The Balaban J connectivity index is 1.92. The van der Waals surface area contributed by atoms with Crippen LogP contribution in [0.2, 0.25) is 5.02 Å². The lowest BCUT2D eigenvalue weighted by molar-refractivity contribution is -0.118. The van der Waals surface area contributed by atoms with E-state index in [0.29, 0.717) is 10.8 Å². The van der Waals surface area contributed by atoms with Crippen LogP contribution in [0.3, 0.4) is 0 Å². The van der Waals surface area contributed by atoms with Crippen LogP contribution in [-0.4, -0.2) is 22.4 Å². The molecule has 0 spiro atoms. The molecule has 1 aromatic carbocycles. The first-order valence-corrected chi connectivity index (χ1v) is 9.44. The molecule has 0 bridgehead atoms. The zero-order valence-electron chi connectivity index (χ0n) is 15.3. The van der Waals surface area contributed by atoms with E-state index >= 15 is 0 Å². The van der Waals surface area contributed by atoms with Gasteiger partial charge in [0, 0.05) is 32.4 Å². The molecule has 0 aliphatic carbocycles. The lowest BCUT2D eigenvalue weighted by Gasteiger charge is -2.25.